The third-order valence-corrected chi connectivity index (χ3v) is 3.88. The number of hydrogen-bond donors (Lipinski definition) is 2. The Morgan fingerprint density at radius 3 is 3.17 bits per heavy atom. The van der Waals surface area contributed by atoms with Gasteiger partial charge in [0.2, 0.25) is 0 Å². The third-order valence-electron chi connectivity index (χ3n) is 3.88. The summed E-state index contributed by atoms with van der Waals surface area (Å²) < 4.78 is 19.1. The van der Waals surface area contributed by atoms with Gasteiger partial charge in [0.25, 0.3) is 0 Å². The van der Waals surface area contributed by atoms with Gasteiger partial charge in [-0.25, -0.2) is 9.38 Å². The number of nitrogens with zero attached hydrogens (tertiary/aromatic N) is 3. The summed E-state index contributed by atoms with van der Waals surface area (Å²) in [7, 11) is 1.89. The highest BCUT2D eigenvalue weighted by atomic mass is 19.1. The molecule has 1 fully saturated rings. The molecule has 0 amide bonds. The molecule has 1 heterocycles. The number of rotatable bonds is 8. The average Bonchev–Trinajstić information content (AvgIpc) is 2.55. The lowest BCUT2D eigenvalue weighted by atomic mass is 10.3. The number of benzene rings is 1. The molecule has 0 bridgehead atoms. The highest BCUT2D eigenvalue weighted by molar-refractivity contribution is 5.63. The lowest BCUT2D eigenvalue weighted by molar-refractivity contribution is -0.0184. The van der Waals surface area contributed by atoms with Crippen LogP contribution in [-0.2, 0) is 4.74 Å². The van der Waals surface area contributed by atoms with Crippen LogP contribution in [0, 0.1) is 5.82 Å². The van der Waals surface area contributed by atoms with Crippen molar-refractivity contribution < 1.29 is 9.13 Å². The molecule has 134 valence electrons. The van der Waals surface area contributed by atoms with Gasteiger partial charge in [0.1, 0.15) is 11.5 Å². The van der Waals surface area contributed by atoms with E-state index >= 15 is 0 Å². The first-order valence-corrected chi connectivity index (χ1v) is 8.38. The lowest BCUT2D eigenvalue weighted by Gasteiger charge is -2.31. The van der Waals surface area contributed by atoms with Crippen molar-refractivity contribution in [2.24, 2.45) is 4.99 Å². The van der Waals surface area contributed by atoms with Crippen LogP contribution in [0.25, 0.3) is 0 Å². The number of nitrogens with one attached hydrogen (secondary N) is 1. The number of morpholine rings is 1. The molecule has 1 aromatic carbocycles. The van der Waals surface area contributed by atoms with Gasteiger partial charge in [0.15, 0.2) is 0 Å². The van der Waals surface area contributed by atoms with Gasteiger partial charge in [-0.15, -0.1) is 0 Å². The zero-order chi connectivity index (χ0) is 17.4. The van der Waals surface area contributed by atoms with Gasteiger partial charge in [-0.3, -0.25) is 10.2 Å². The molecule has 0 aromatic heterocycles. The minimum Gasteiger partial charge on any atom is -0.399 e. The van der Waals surface area contributed by atoms with Gasteiger partial charge in [0, 0.05) is 25.8 Å². The number of hydrogen-bond acceptors (Lipinski definition) is 5. The Kier molecular flexibility index (Phi) is 7.42. The number of nitrogen functional groups attached to an aromatic ring is 1. The smallest absolute Gasteiger partial charge is 0.149 e. The molecule has 0 aliphatic carbocycles. The van der Waals surface area contributed by atoms with E-state index in [9.17, 15) is 4.39 Å². The van der Waals surface area contributed by atoms with Crippen LogP contribution < -0.4 is 11.1 Å². The van der Waals surface area contributed by atoms with Crippen molar-refractivity contribution in [3.8, 4) is 0 Å². The zero-order valence-corrected chi connectivity index (χ0v) is 14.5. The summed E-state index contributed by atoms with van der Waals surface area (Å²) in [5, 5.41) is 3.36. The Bertz CT molecular complexity index is 540. The van der Waals surface area contributed by atoms with E-state index in [0.29, 0.717) is 18.5 Å². The predicted molar refractivity (Wildman–Crippen MR) is 96.1 cm³/mol. The molecule has 7 heteroatoms. The molecule has 0 unspecified atom stereocenters. The molecule has 3 N–H and O–H groups in total. The van der Waals surface area contributed by atoms with Crippen molar-refractivity contribution >= 4 is 17.7 Å². The predicted octanol–water partition coefficient (Wildman–Crippen LogP) is 1.66. The average molecular weight is 337 g/mol. The molecular formula is C17H28FN5O. The third kappa shape index (κ3) is 6.43. The molecular weight excluding hydrogens is 309 g/mol. The molecule has 1 saturated heterocycles. The van der Waals surface area contributed by atoms with Crippen LogP contribution in [-0.4, -0.2) is 68.7 Å². The number of nitrogens with two attached hydrogens (primary N) is 1. The van der Waals surface area contributed by atoms with E-state index in [0.717, 1.165) is 39.2 Å². The highest BCUT2D eigenvalue weighted by Crippen LogP contribution is 2.19. The lowest BCUT2D eigenvalue weighted by Crippen LogP contribution is -2.42. The fraction of sp³-hybridized carbons (Fsp3) is 0.588. The molecule has 6 nitrogen and oxygen atoms in total. The normalized spacial score (nSPS) is 19.0. The second-order valence-electron chi connectivity index (χ2n) is 6.21. The Morgan fingerprint density at radius 1 is 1.54 bits per heavy atom. The van der Waals surface area contributed by atoms with Gasteiger partial charge in [-0.1, -0.05) is 0 Å². The molecule has 0 saturated carbocycles. The van der Waals surface area contributed by atoms with Crippen LogP contribution in [0.5, 0.6) is 0 Å². The maximum atomic E-state index is 13.6. The molecule has 2 rings (SSSR count). The van der Waals surface area contributed by atoms with Crippen molar-refractivity contribution in [2.45, 2.75) is 19.4 Å². The fourth-order valence-corrected chi connectivity index (χ4v) is 2.61. The first-order chi connectivity index (χ1) is 11.5. The highest BCUT2D eigenvalue weighted by Gasteiger charge is 2.15. The molecule has 24 heavy (non-hydrogen) atoms. The van der Waals surface area contributed by atoms with E-state index in [4.69, 9.17) is 10.5 Å². The molecule has 1 aromatic rings. The fourth-order valence-electron chi connectivity index (χ4n) is 2.61. The summed E-state index contributed by atoms with van der Waals surface area (Å²) in [6.07, 6.45) is 3.03. The Morgan fingerprint density at radius 2 is 2.38 bits per heavy atom. The van der Waals surface area contributed by atoms with Crippen LogP contribution >= 0.6 is 0 Å². The van der Waals surface area contributed by atoms with Gasteiger partial charge in [-0.2, -0.15) is 0 Å². The second kappa shape index (κ2) is 9.56. The largest absolute Gasteiger partial charge is 0.399 e. The van der Waals surface area contributed by atoms with Gasteiger partial charge in [0.05, 0.1) is 25.7 Å². The first-order valence-electron chi connectivity index (χ1n) is 8.38. The minimum absolute atomic E-state index is 0.253. The first kappa shape index (κ1) is 18.6. The van der Waals surface area contributed by atoms with Gasteiger partial charge < -0.3 is 15.4 Å². The zero-order valence-electron chi connectivity index (χ0n) is 14.5. The van der Waals surface area contributed by atoms with Crippen LogP contribution in [0.3, 0.4) is 0 Å². The van der Waals surface area contributed by atoms with Crippen LogP contribution in [0.1, 0.15) is 13.3 Å². The maximum Gasteiger partial charge on any atom is 0.149 e. The maximum absolute atomic E-state index is 13.6. The summed E-state index contributed by atoms with van der Waals surface area (Å²) in [5.41, 5.74) is 6.39. The second-order valence-corrected chi connectivity index (χ2v) is 6.21. The molecule has 0 radical (unpaired) electrons. The van der Waals surface area contributed by atoms with Crippen LogP contribution in [0.2, 0.25) is 0 Å². The molecule has 1 aliphatic heterocycles. The van der Waals surface area contributed by atoms with Crippen LogP contribution in [0.4, 0.5) is 15.8 Å². The molecule has 1 aliphatic rings. The summed E-state index contributed by atoms with van der Waals surface area (Å²) in [5.74, 6) is -0.374. The monoisotopic (exact) mass is 337 g/mol. The summed E-state index contributed by atoms with van der Waals surface area (Å²) >= 11 is 0. The number of aliphatic imine (C=N–C) groups is 1. The van der Waals surface area contributed by atoms with E-state index < -0.39 is 0 Å². The number of halogens is 1. The topological polar surface area (TPSA) is 66.1 Å². The Labute approximate surface area is 143 Å². The van der Waals surface area contributed by atoms with E-state index in [1.165, 1.54) is 18.2 Å². The Balaban J connectivity index is 1.61. The quantitative estimate of drug-likeness (QED) is 0.248. The van der Waals surface area contributed by atoms with Gasteiger partial charge >= 0.3 is 0 Å². The number of anilines is 1. The Hall–Kier alpha value is -1.70. The van der Waals surface area contributed by atoms with Crippen molar-refractivity contribution in [1.29, 1.82) is 0 Å². The number of ether oxygens (including phenoxy) is 1. The van der Waals surface area contributed by atoms with E-state index in [2.05, 4.69) is 22.1 Å². The van der Waals surface area contributed by atoms with E-state index in [-0.39, 0.29) is 11.5 Å². The minimum atomic E-state index is -0.374. The van der Waals surface area contributed by atoms with Crippen molar-refractivity contribution in [1.82, 2.24) is 15.1 Å². The van der Waals surface area contributed by atoms with E-state index in [1.807, 2.05) is 11.9 Å². The molecule has 0 spiro atoms. The summed E-state index contributed by atoms with van der Waals surface area (Å²) in [6.45, 7) is 7.63. The van der Waals surface area contributed by atoms with Crippen molar-refractivity contribution in [2.75, 3.05) is 52.2 Å². The van der Waals surface area contributed by atoms with Crippen LogP contribution in [0.15, 0.2) is 23.2 Å². The van der Waals surface area contributed by atoms with Gasteiger partial charge in [-0.05, 0) is 44.6 Å². The van der Waals surface area contributed by atoms with Crippen molar-refractivity contribution in [3.63, 3.8) is 0 Å². The SMILES string of the molecule is C[C@@H]1CN(CCCNCN(C)C=Nc2cc(N)ccc2F)CCO1. The summed E-state index contributed by atoms with van der Waals surface area (Å²) in [6, 6.07) is 4.37. The standard InChI is InChI=1S/C17H28FN5O/c1-14-11-23(8-9-24-14)7-3-6-20-12-22(2)13-21-17-10-15(19)4-5-16(17)18/h4-5,10,13-14,20H,3,6-9,11-12,19H2,1-2H3/t14-/m1/s1. The van der Waals surface area contributed by atoms with E-state index in [1.54, 1.807) is 6.34 Å². The molecule has 1 atom stereocenters. The van der Waals surface area contributed by atoms with Crippen molar-refractivity contribution in [3.05, 3.63) is 24.0 Å². The summed E-state index contributed by atoms with van der Waals surface area (Å²) in [4.78, 5) is 8.44.